The van der Waals surface area contributed by atoms with E-state index in [-0.39, 0.29) is 6.10 Å². The zero-order valence-corrected chi connectivity index (χ0v) is 7.53. The predicted octanol–water partition coefficient (Wildman–Crippen LogP) is 1.84. The van der Waals surface area contributed by atoms with Gasteiger partial charge in [-0.15, -0.1) is 0 Å². The van der Waals surface area contributed by atoms with Crippen molar-refractivity contribution in [2.75, 3.05) is 0 Å². The maximum Gasteiger partial charge on any atom is 0.149 e. The Kier molecular flexibility index (Phi) is 1.67. The fraction of sp³-hybridized carbons (Fsp3) is 0.273. The Labute approximate surface area is 77.5 Å². The molecule has 1 aliphatic heterocycles. The lowest BCUT2D eigenvalue weighted by Gasteiger charge is -2.21. The van der Waals surface area contributed by atoms with Gasteiger partial charge in [0, 0.05) is 5.56 Å². The first-order chi connectivity index (χ1) is 6.16. The third kappa shape index (κ3) is 1.06. The van der Waals surface area contributed by atoms with E-state index < -0.39 is 5.60 Å². The number of para-hydroxylation sites is 1. The highest BCUT2D eigenvalue weighted by atomic mass is 16.5. The summed E-state index contributed by atoms with van der Waals surface area (Å²) in [6, 6.07) is 7.51. The molecule has 0 aliphatic carbocycles. The van der Waals surface area contributed by atoms with Gasteiger partial charge in [0.05, 0.1) is 0 Å². The maximum absolute atomic E-state index is 10.1. The van der Waals surface area contributed by atoms with Crippen molar-refractivity contribution in [2.45, 2.75) is 18.6 Å². The molecule has 0 radical (unpaired) electrons. The van der Waals surface area contributed by atoms with E-state index in [0.717, 1.165) is 11.3 Å². The number of fused-ring (bicyclic) bond motifs is 1. The molecule has 1 aliphatic rings. The summed E-state index contributed by atoms with van der Waals surface area (Å²) in [5.41, 5.74) is -0.113. The van der Waals surface area contributed by atoms with Gasteiger partial charge < -0.3 is 9.84 Å². The molecule has 1 N–H and O–H groups in total. The summed E-state index contributed by atoms with van der Waals surface area (Å²) in [4.78, 5) is 0. The Morgan fingerprint density at radius 2 is 2.23 bits per heavy atom. The molecule has 68 valence electrons. The van der Waals surface area contributed by atoms with Crippen LogP contribution < -0.4 is 4.74 Å². The van der Waals surface area contributed by atoms with E-state index in [1.54, 1.807) is 13.0 Å². The van der Waals surface area contributed by atoms with Crippen molar-refractivity contribution >= 4 is 0 Å². The molecule has 0 fully saturated rings. The van der Waals surface area contributed by atoms with Gasteiger partial charge in [-0.05, 0) is 19.1 Å². The van der Waals surface area contributed by atoms with Gasteiger partial charge in [0.2, 0.25) is 0 Å². The molecular formula is C11H12O2. The van der Waals surface area contributed by atoms with Crippen LogP contribution in [0.2, 0.25) is 0 Å². The van der Waals surface area contributed by atoms with Crippen LogP contribution in [0.4, 0.5) is 0 Å². The van der Waals surface area contributed by atoms with Crippen molar-refractivity contribution in [3.8, 4) is 5.75 Å². The van der Waals surface area contributed by atoms with Crippen molar-refractivity contribution < 1.29 is 9.84 Å². The zero-order valence-electron chi connectivity index (χ0n) is 7.53. The van der Waals surface area contributed by atoms with Crippen LogP contribution in [0.1, 0.15) is 12.5 Å². The van der Waals surface area contributed by atoms with E-state index in [0.29, 0.717) is 0 Å². The Balaban J connectivity index is 2.53. The highest BCUT2D eigenvalue weighted by Gasteiger charge is 2.41. The first-order valence-electron chi connectivity index (χ1n) is 4.27. The first-order valence-corrected chi connectivity index (χ1v) is 4.27. The molecule has 2 atom stereocenters. The molecule has 0 spiro atoms. The highest BCUT2D eigenvalue weighted by molar-refractivity contribution is 5.43. The zero-order chi connectivity index (χ0) is 9.47. The summed E-state index contributed by atoms with van der Waals surface area (Å²) in [5, 5.41) is 10.1. The van der Waals surface area contributed by atoms with E-state index in [2.05, 4.69) is 6.58 Å². The van der Waals surface area contributed by atoms with Crippen molar-refractivity contribution in [3.63, 3.8) is 0 Å². The molecule has 0 unspecified atom stereocenters. The van der Waals surface area contributed by atoms with Crippen molar-refractivity contribution in [3.05, 3.63) is 42.5 Å². The minimum Gasteiger partial charge on any atom is -0.483 e. The molecule has 0 aromatic heterocycles. The van der Waals surface area contributed by atoms with Crippen molar-refractivity contribution in [1.82, 2.24) is 0 Å². The predicted molar refractivity (Wildman–Crippen MR) is 50.6 cm³/mol. The molecule has 1 aromatic rings. The summed E-state index contributed by atoms with van der Waals surface area (Å²) in [7, 11) is 0. The summed E-state index contributed by atoms with van der Waals surface area (Å²) in [6.07, 6.45) is 1.28. The van der Waals surface area contributed by atoms with Crippen LogP contribution in [0.25, 0.3) is 0 Å². The number of benzene rings is 1. The molecule has 2 heteroatoms. The number of aliphatic hydroxyl groups is 1. The SMILES string of the molecule is C=C[C@H]1Oc2ccccc2[C@@]1(C)O. The van der Waals surface area contributed by atoms with Crippen LogP contribution in [0.3, 0.4) is 0 Å². The molecule has 0 bridgehead atoms. The van der Waals surface area contributed by atoms with Crippen molar-refractivity contribution in [2.24, 2.45) is 0 Å². The molecule has 1 aromatic carbocycles. The minimum absolute atomic E-state index is 0.343. The summed E-state index contributed by atoms with van der Waals surface area (Å²) < 4.78 is 5.50. The van der Waals surface area contributed by atoms with Gasteiger partial charge in [-0.2, -0.15) is 0 Å². The smallest absolute Gasteiger partial charge is 0.149 e. The monoisotopic (exact) mass is 176 g/mol. The maximum atomic E-state index is 10.1. The van der Waals surface area contributed by atoms with Gasteiger partial charge in [0.1, 0.15) is 17.5 Å². The van der Waals surface area contributed by atoms with Crippen LogP contribution >= 0.6 is 0 Å². The summed E-state index contributed by atoms with van der Waals surface area (Å²) >= 11 is 0. The number of hydrogen-bond donors (Lipinski definition) is 1. The van der Waals surface area contributed by atoms with E-state index >= 15 is 0 Å². The van der Waals surface area contributed by atoms with Gasteiger partial charge in [-0.1, -0.05) is 24.8 Å². The molecule has 13 heavy (non-hydrogen) atoms. The molecule has 2 rings (SSSR count). The lowest BCUT2D eigenvalue weighted by molar-refractivity contribution is -0.00122. The molecular weight excluding hydrogens is 164 g/mol. The van der Waals surface area contributed by atoms with E-state index in [1.165, 1.54) is 0 Å². The van der Waals surface area contributed by atoms with Gasteiger partial charge in [-0.3, -0.25) is 0 Å². The molecule has 2 nitrogen and oxygen atoms in total. The van der Waals surface area contributed by atoms with Crippen molar-refractivity contribution in [1.29, 1.82) is 0 Å². The second-order valence-corrected chi connectivity index (χ2v) is 3.42. The Morgan fingerprint density at radius 3 is 2.85 bits per heavy atom. The molecule has 0 amide bonds. The molecule has 0 saturated carbocycles. The summed E-state index contributed by atoms with van der Waals surface area (Å²) in [6.45, 7) is 5.38. The fourth-order valence-electron chi connectivity index (χ4n) is 1.67. The molecule has 1 heterocycles. The lowest BCUT2D eigenvalue weighted by atomic mass is 9.92. The van der Waals surface area contributed by atoms with Gasteiger partial charge >= 0.3 is 0 Å². The largest absolute Gasteiger partial charge is 0.483 e. The molecule has 0 saturated heterocycles. The third-order valence-corrected chi connectivity index (χ3v) is 2.45. The number of hydrogen-bond acceptors (Lipinski definition) is 2. The van der Waals surface area contributed by atoms with Crippen LogP contribution in [0, 0.1) is 0 Å². The summed E-state index contributed by atoms with van der Waals surface area (Å²) in [5.74, 6) is 0.748. The fourth-order valence-corrected chi connectivity index (χ4v) is 1.67. The van der Waals surface area contributed by atoms with E-state index in [4.69, 9.17) is 4.74 Å². The second kappa shape index (κ2) is 2.60. The van der Waals surface area contributed by atoms with Crippen LogP contribution in [-0.2, 0) is 5.60 Å². The quantitative estimate of drug-likeness (QED) is 0.661. The van der Waals surface area contributed by atoms with Crippen LogP contribution in [0.15, 0.2) is 36.9 Å². The van der Waals surface area contributed by atoms with E-state index in [9.17, 15) is 5.11 Å². The topological polar surface area (TPSA) is 29.5 Å². The number of ether oxygens (including phenoxy) is 1. The van der Waals surface area contributed by atoms with Crippen LogP contribution in [-0.4, -0.2) is 11.2 Å². The minimum atomic E-state index is -0.946. The number of rotatable bonds is 1. The van der Waals surface area contributed by atoms with Gasteiger partial charge in [-0.25, -0.2) is 0 Å². The standard InChI is InChI=1S/C11H12O2/c1-3-10-11(2,12)8-6-4-5-7-9(8)13-10/h3-7,10,12H,1H2,2H3/t10-,11-/m1/s1. The Bertz CT molecular complexity index is 342. The normalized spacial score (nSPS) is 30.8. The lowest BCUT2D eigenvalue weighted by Crippen LogP contribution is -2.32. The van der Waals surface area contributed by atoms with E-state index in [1.807, 2.05) is 24.3 Å². The van der Waals surface area contributed by atoms with Gasteiger partial charge in [0.15, 0.2) is 0 Å². The first kappa shape index (κ1) is 8.32. The highest BCUT2D eigenvalue weighted by Crippen LogP contribution is 2.40. The Morgan fingerprint density at radius 1 is 1.54 bits per heavy atom. The van der Waals surface area contributed by atoms with Gasteiger partial charge in [0.25, 0.3) is 0 Å². The Hall–Kier alpha value is -1.28. The average Bonchev–Trinajstić information content (AvgIpc) is 2.39. The average molecular weight is 176 g/mol. The second-order valence-electron chi connectivity index (χ2n) is 3.42. The third-order valence-electron chi connectivity index (χ3n) is 2.45. The van der Waals surface area contributed by atoms with Crippen LogP contribution in [0.5, 0.6) is 5.75 Å².